The van der Waals surface area contributed by atoms with Gasteiger partial charge in [-0.2, -0.15) is 13.2 Å². The molecule has 9 nitrogen and oxygen atoms in total. The van der Waals surface area contributed by atoms with Crippen molar-refractivity contribution in [2.24, 2.45) is 0 Å². The Hall–Kier alpha value is -2.83. The van der Waals surface area contributed by atoms with Crippen LogP contribution in [-0.2, 0) is 16.2 Å². The SMILES string of the molecule is CCCC(=O)N(CC(F)(F)F)C1C=C(C(=O)NCCO)C2c3cc(CO)cc(OC)c3OC2C1O. The molecule has 4 atom stereocenters. The molecule has 0 saturated carbocycles. The topological polar surface area (TPSA) is 129 Å². The summed E-state index contributed by atoms with van der Waals surface area (Å²) in [7, 11) is 1.36. The van der Waals surface area contributed by atoms with Gasteiger partial charge in [-0.15, -0.1) is 0 Å². The number of halogens is 3. The van der Waals surface area contributed by atoms with E-state index in [-0.39, 0.29) is 43.3 Å². The third-order valence-corrected chi connectivity index (χ3v) is 5.99. The number of aliphatic hydroxyl groups excluding tert-OH is 3. The van der Waals surface area contributed by atoms with E-state index in [1.807, 2.05) is 0 Å². The molecule has 0 saturated heterocycles. The van der Waals surface area contributed by atoms with Crippen molar-refractivity contribution in [1.29, 1.82) is 0 Å². The lowest BCUT2D eigenvalue weighted by Crippen LogP contribution is -2.57. The van der Waals surface area contributed by atoms with Crippen molar-refractivity contribution in [1.82, 2.24) is 10.2 Å². The number of hydrogen-bond donors (Lipinski definition) is 4. The van der Waals surface area contributed by atoms with Crippen LogP contribution in [0.1, 0.15) is 36.8 Å². The predicted octanol–water partition coefficient (Wildman–Crippen LogP) is 1.00. The van der Waals surface area contributed by atoms with Gasteiger partial charge in [0, 0.05) is 24.1 Å². The molecule has 35 heavy (non-hydrogen) atoms. The van der Waals surface area contributed by atoms with Crippen LogP contribution in [0.15, 0.2) is 23.8 Å². The number of amides is 2. The lowest BCUT2D eigenvalue weighted by molar-refractivity contribution is -0.170. The van der Waals surface area contributed by atoms with Gasteiger partial charge in [-0.1, -0.05) is 6.92 Å². The molecule has 1 aliphatic carbocycles. The average Bonchev–Trinajstić information content (AvgIpc) is 3.20. The van der Waals surface area contributed by atoms with Crippen LogP contribution in [0, 0.1) is 0 Å². The summed E-state index contributed by atoms with van der Waals surface area (Å²) in [6.45, 7) is -0.813. The van der Waals surface area contributed by atoms with Gasteiger partial charge < -0.3 is 35.0 Å². The molecule has 0 bridgehead atoms. The first kappa shape index (κ1) is 26.8. The standard InChI is InChI=1S/C23H29F3N2O7/c1-3-4-17(31)28(11-23(24,25)26)15-9-14(22(33)27-5-6-29)18-13-7-12(10-30)8-16(34-2)20(13)35-21(18)19(15)32/h7-9,15,18-19,21,29-30,32H,3-6,10-11H2,1-2H3,(H,27,33). The minimum atomic E-state index is -4.74. The number of nitrogens with one attached hydrogen (secondary N) is 1. The first-order valence-corrected chi connectivity index (χ1v) is 11.2. The summed E-state index contributed by atoms with van der Waals surface area (Å²) in [5.41, 5.74) is 0.822. The highest BCUT2D eigenvalue weighted by molar-refractivity contribution is 5.96. The second kappa shape index (κ2) is 10.8. The molecular formula is C23H29F3N2O7. The Kier molecular flexibility index (Phi) is 8.29. The molecule has 12 heteroatoms. The summed E-state index contributed by atoms with van der Waals surface area (Å²) >= 11 is 0. The van der Waals surface area contributed by atoms with Gasteiger partial charge in [-0.05, 0) is 30.2 Å². The van der Waals surface area contributed by atoms with Gasteiger partial charge in [0.05, 0.1) is 32.3 Å². The van der Waals surface area contributed by atoms with Crippen LogP contribution in [0.25, 0.3) is 0 Å². The van der Waals surface area contributed by atoms with E-state index in [1.54, 1.807) is 13.0 Å². The van der Waals surface area contributed by atoms with Crippen molar-refractivity contribution in [3.05, 3.63) is 34.9 Å². The number of rotatable bonds is 9. The number of hydrogen-bond acceptors (Lipinski definition) is 7. The maximum atomic E-state index is 13.4. The number of benzene rings is 1. The number of carbonyl (C=O) groups excluding carboxylic acids is 2. The van der Waals surface area contributed by atoms with Gasteiger partial charge in [0.15, 0.2) is 11.5 Å². The van der Waals surface area contributed by atoms with Gasteiger partial charge in [0.2, 0.25) is 11.8 Å². The van der Waals surface area contributed by atoms with E-state index >= 15 is 0 Å². The fourth-order valence-electron chi connectivity index (χ4n) is 4.53. The van der Waals surface area contributed by atoms with Crippen molar-refractivity contribution < 1.29 is 47.6 Å². The molecule has 4 N–H and O–H groups in total. The second-order valence-electron chi connectivity index (χ2n) is 8.40. The van der Waals surface area contributed by atoms with Crippen LogP contribution in [-0.4, -0.2) is 83.3 Å². The maximum absolute atomic E-state index is 13.4. The second-order valence-corrected chi connectivity index (χ2v) is 8.40. The number of ether oxygens (including phenoxy) is 2. The monoisotopic (exact) mass is 502 g/mol. The molecule has 2 aliphatic rings. The van der Waals surface area contributed by atoms with Crippen molar-refractivity contribution in [3.63, 3.8) is 0 Å². The summed E-state index contributed by atoms with van der Waals surface area (Å²) in [5.74, 6) is -2.03. The van der Waals surface area contributed by atoms with Crippen LogP contribution in [0.3, 0.4) is 0 Å². The molecule has 3 rings (SSSR count). The van der Waals surface area contributed by atoms with Crippen LogP contribution in [0.4, 0.5) is 13.2 Å². The summed E-state index contributed by atoms with van der Waals surface area (Å²) in [4.78, 5) is 26.2. The van der Waals surface area contributed by atoms with Crippen LogP contribution in [0.5, 0.6) is 11.5 Å². The molecular weight excluding hydrogens is 473 g/mol. The first-order valence-electron chi connectivity index (χ1n) is 11.2. The lowest BCUT2D eigenvalue weighted by atomic mass is 9.77. The quantitative estimate of drug-likeness (QED) is 0.397. The Bertz CT molecular complexity index is 983. The molecule has 4 unspecified atom stereocenters. The van der Waals surface area contributed by atoms with Crippen molar-refractivity contribution in [3.8, 4) is 11.5 Å². The van der Waals surface area contributed by atoms with Gasteiger partial charge >= 0.3 is 6.18 Å². The zero-order valence-electron chi connectivity index (χ0n) is 19.3. The van der Waals surface area contributed by atoms with Crippen LogP contribution in [0.2, 0.25) is 0 Å². The number of fused-ring (bicyclic) bond motifs is 3. The predicted molar refractivity (Wildman–Crippen MR) is 117 cm³/mol. The summed E-state index contributed by atoms with van der Waals surface area (Å²) < 4.78 is 51.5. The third kappa shape index (κ3) is 5.54. The Labute approximate surface area is 200 Å². The molecule has 0 spiro atoms. The molecule has 0 fully saturated rings. The van der Waals surface area contributed by atoms with E-state index in [4.69, 9.17) is 14.6 Å². The number of carbonyl (C=O) groups is 2. The van der Waals surface area contributed by atoms with Crippen LogP contribution >= 0.6 is 0 Å². The Balaban J connectivity index is 2.14. The number of aliphatic hydroxyl groups is 3. The van der Waals surface area contributed by atoms with Crippen molar-refractivity contribution >= 4 is 11.8 Å². The Morgan fingerprint density at radius 2 is 1.97 bits per heavy atom. The molecule has 0 aromatic heterocycles. The summed E-state index contributed by atoms with van der Waals surface area (Å²) in [6, 6.07) is 1.58. The normalized spacial score (nSPS) is 23.0. The molecule has 194 valence electrons. The zero-order chi connectivity index (χ0) is 25.9. The third-order valence-electron chi connectivity index (χ3n) is 5.99. The molecule has 1 aromatic carbocycles. The fraction of sp³-hybridized carbons (Fsp3) is 0.565. The Morgan fingerprint density at radius 1 is 1.26 bits per heavy atom. The Morgan fingerprint density at radius 3 is 2.54 bits per heavy atom. The van der Waals surface area contributed by atoms with Crippen molar-refractivity contribution in [2.45, 2.75) is 56.7 Å². The van der Waals surface area contributed by atoms with E-state index in [9.17, 15) is 33.0 Å². The summed E-state index contributed by atoms with van der Waals surface area (Å²) in [5, 5.41) is 32.4. The van der Waals surface area contributed by atoms with Gasteiger partial charge in [-0.3, -0.25) is 9.59 Å². The largest absolute Gasteiger partial charge is 0.493 e. The molecule has 1 heterocycles. The first-order chi connectivity index (χ1) is 16.6. The number of methoxy groups -OCH3 is 1. The number of alkyl halides is 3. The highest BCUT2D eigenvalue weighted by Gasteiger charge is 2.52. The van der Waals surface area contributed by atoms with Crippen molar-refractivity contribution in [2.75, 3.05) is 26.8 Å². The van der Waals surface area contributed by atoms with E-state index < -0.39 is 48.7 Å². The van der Waals surface area contributed by atoms with E-state index in [0.717, 1.165) is 6.08 Å². The van der Waals surface area contributed by atoms with E-state index in [1.165, 1.54) is 13.2 Å². The highest BCUT2D eigenvalue weighted by atomic mass is 19.4. The zero-order valence-corrected chi connectivity index (χ0v) is 19.3. The van der Waals surface area contributed by atoms with E-state index in [0.29, 0.717) is 22.4 Å². The molecule has 1 aromatic rings. The van der Waals surface area contributed by atoms with Gasteiger partial charge in [0.1, 0.15) is 18.8 Å². The maximum Gasteiger partial charge on any atom is 0.406 e. The van der Waals surface area contributed by atoms with E-state index in [2.05, 4.69) is 5.32 Å². The minimum absolute atomic E-state index is 0.0221. The molecule has 1 aliphatic heterocycles. The fourth-order valence-corrected chi connectivity index (χ4v) is 4.53. The molecule has 0 radical (unpaired) electrons. The summed E-state index contributed by atoms with van der Waals surface area (Å²) in [6.07, 6.45) is -6.28. The minimum Gasteiger partial charge on any atom is -0.493 e. The number of nitrogens with zero attached hydrogens (tertiary/aromatic N) is 1. The lowest BCUT2D eigenvalue weighted by Gasteiger charge is -2.41. The van der Waals surface area contributed by atoms with Gasteiger partial charge in [0.25, 0.3) is 0 Å². The average molecular weight is 502 g/mol. The van der Waals surface area contributed by atoms with Crippen LogP contribution < -0.4 is 14.8 Å². The highest BCUT2D eigenvalue weighted by Crippen LogP contribution is 2.51. The van der Waals surface area contributed by atoms with Gasteiger partial charge in [-0.25, -0.2) is 0 Å². The molecule has 2 amide bonds. The smallest absolute Gasteiger partial charge is 0.406 e.